The molecule has 2 aliphatic rings. The van der Waals surface area contributed by atoms with Crippen LogP contribution in [0.2, 0.25) is 0 Å². The molecule has 1 saturated heterocycles. The Hall–Kier alpha value is -8.21. The number of piperidine rings is 1. The zero-order chi connectivity index (χ0) is 49.7. The molecule has 5 N–H and O–H groups in total. The third-order valence-corrected chi connectivity index (χ3v) is 12.6. The molecule has 17 nitrogen and oxygen atoms in total. The van der Waals surface area contributed by atoms with Gasteiger partial charge in [-0.2, -0.15) is 5.10 Å². The number of hydrogen-bond acceptors (Lipinski definition) is 14. The Morgan fingerprint density at radius 1 is 0.817 bits per heavy atom. The van der Waals surface area contributed by atoms with Crippen LogP contribution in [0.15, 0.2) is 114 Å². The predicted molar refractivity (Wildman–Crippen MR) is 262 cm³/mol. The van der Waals surface area contributed by atoms with E-state index in [9.17, 15) is 39.0 Å². The van der Waals surface area contributed by atoms with Gasteiger partial charge in [-0.1, -0.05) is 30.0 Å². The van der Waals surface area contributed by atoms with E-state index in [0.29, 0.717) is 75.8 Å². The van der Waals surface area contributed by atoms with E-state index in [0.717, 1.165) is 15.8 Å². The summed E-state index contributed by atoms with van der Waals surface area (Å²) >= 11 is 1.37. The number of fused-ring (bicyclic) bond motifs is 2. The quantitative estimate of drug-likeness (QED) is 0.0163. The molecule has 5 amide bonds. The lowest BCUT2D eigenvalue weighted by Gasteiger charge is -2.29. The van der Waals surface area contributed by atoms with Crippen LogP contribution in [-0.4, -0.2) is 115 Å². The van der Waals surface area contributed by atoms with Crippen molar-refractivity contribution in [3.05, 3.63) is 148 Å². The zero-order valence-electron chi connectivity index (χ0n) is 38.1. The van der Waals surface area contributed by atoms with Crippen LogP contribution in [0, 0.1) is 11.8 Å². The largest absolute Gasteiger partial charge is 0.508 e. The second-order valence-electron chi connectivity index (χ2n) is 16.1. The van der Waals surface area contributed by atoms with Crippen molar-refractivity contribution in [2.24, 2.45) is 5.10 Å². The van der Waals surface area contributed by atoms with Crippen LogP contribution in [0.25, 0.3) is 20.5 Å². The molecule has 362 valence electrons. The first-order valence-electron chi connectivity index (χ1n) is 22.5. The summed E-state index contributed by atoms with van der Waals surface area (Å²) in [4.78, 5) is 78.1. The van der Waals surface area contributed by atoms with Crippen molar-refractivity contribution in [1.29, 1.82) is 0 Å². The molecule has 71 heavy (non-hydrogen) atoms. The van der Waals surface area contributed by atoms with Crippen molar-refractivity contribution >= 4 is 63.0 Å². The number of thiophene rings is 1. The normalized spacial score (nSPS) is 14.2. The molecule has 2 aliphatic heterocycles. The van der Waals surface area contributed by atoms with E-state index in [1.54, 1.807) is 103 Å². The summed E-state index contributed by atoms with van der Waals surface area (Å²) in [6.45, 7) is 1.87. The Kier molecular flexibility index (Phi) is 16.2. The standard InChI is InChI=1S/C53H47N5O12S/c59-38-14-12-36(13-15-38)50-48(42-19-16-39(60)29-45(42)71-50)49(63)35-8-10-37(11-9-35)51(64)57-55-30-33-6-17-40(18-7-33)70-28-27-68-24-23-67-25-26-69-32-47(62)54-22-2-4-34-3-1-5-41-43(34)31-58(53(41)66)44-20-21-46(61)56-52(44)65/h1,3,5-19,29-30,44,59-60H,20-28,31-32H2,(H,54,62)(H,57,64)(H,56,61,65). The number of nitrogens with one attached hydrogen (secondary N) is 3. The molecular weight excluding hydrogens is 931 g/mol. The Morgan fingerprint density at radius 2 is 1.52 bits per heavy atom. The maximum Gasteiger partial charge on any atom is 0.271 e. The van der Waals surface area contributed by atoms with Crippen LogP contribution < -0.4 is 20.8 Å². The van der Waals surface area contributed by atoms with Crippen molar-refractivity contribution < 1.29 is 57.9 Å². The minimum Gasteiger partial charge on any atom is -0.508 e. The average Bonchev–Trinajstić information content (AvgIpc) is 3.92. The number of phenolic OH excluding ortho intramolecular Hbond substituents is 2. The molecule has 0 aliphatic carbocycles. The fourth-order valence-electron chi connectivity index (χ4n) is 7.78. The van der Waals surface area contributed by atoms with Crippen molar-refractivity contribution in [2.75, 3.05) is 52.8 Å². The first kappa shape index (κ1) is 49.2. The van der Waals surface area contributed by atoms with Gasteiger partial charge in [0.25, 0.3) is 11.8 Å². The first-order chi connectivity index (χ1) is 34.5. The molecule has 18 heteroatoms. The Labute approximate surface area is 411 Å². The monoisotopic (exact) mass is 977 g/mol. The zero-order valence-corrected chi connectivity index (χ0v) is 38.9. The first-order valence-corrected chi connectivity index (χ1v) is 23.4. The molecular formula is C53H47N5O12S. The molecule has 1 atom stereocenters. The molecule has 0 saturated carbocycles. The third kappa shape index (κ3) is 12.5. The van der Waals surface area contributed by atoms with Crippen LogP contribution >= 0.6 is 11.3 Å². The van der Waals surface area contributed by atoms with E-state index in [1.165, 1.54) is 28.5 Å². The molecule has 0 radical (unpaired) electrons. The number of ketones is 1. The second kappa shape index (κ2) is 23.4. The van der Waals surface area contributed by atoms with Crippen LogP contribution in [0.3, 0.4) is 0 Å². The summed E-state index contributed by atoms with van der Waals surface area (Å²) in [6, 6.07) is 29.3. The maximum absolute atomic E-state index is 13.9. The fraction of sp³-hybridized carbons (Fsp3) is 0.226. The van der Waals surface area contributed by atoms with Gasteiger partial charge in [0.2, 0.25) is 17.7 Å². The molecule has 5 aromatic carbocycles. The Balaban J connectivity index is 0.668. The Morgan fingerprint density at radius 3 is 2.27 bits per heavy atom. The van der Waals surface area contributed by atoms with Gasteiger partial charge in [-0.05, 0) is 114 Å². The molecule has 1 fully saturated rings. The molecule has 1 unspecified atom stereocenters. The summed E-state index contributed by atoms with van der Waals surface area (Å²) in [5, 5.41) is 29.6. The molecule has 0 spiro atoms. The highest BCUT2D eigenvalue weighted by atomic mass is 32.1. The van der Waals surface area contributed by atoms with E-state index in [-0.39, 0.29) is 80.8 Å². The molecule has 1 aromatic heterocycles. The minimum atomic E-state index is -0.714. The lowest BCUT2D eigenvalue weighted by atomic mass is 9.97. The number of amides is 5. The van der Waals surface area contributed by atoms with Crippen LogP contribution in [-0.2, 0) is 35.1 Å². The number of aromatic hydroxyl groups is 2. The molecule has 0 bridgehead atoms. The van der Waals surface area contributed by atoms with Crippen molar-refractivity contribution in [3.8, 4) is 39.5 Å². The summed E-state index contributed by atoms with van der Waals surface area (Å²) in [5.74, 6) is 4.55. The molecule has 6 aromatic rings. The average molecular weight is 978 g/mol. The third-order valence-electron chi connectivity index (χ3n) is 11.4. The number of rotatable bonds is 20. The number of benzene rings is 5. The van der Waals surface area contributed by atoms with Gasteiger partial charge in [0.05, 0.1) is 45.8 Å². The summed E-state index contributed by atoms with van der Waals surface area (Å²) in [7, 11) is 0. The second-order valence-corrected chi connectivity index (χ2v) is 17.2. The van der Waals surface area contributed by atoms with Crippen molar-refractivity contribution in [2.45, 2.75) is 25.4 Å². The van der Waals surface area contributed by atoms with Gasteiger partial charge in [0, 0.05) is 55.7 Å². The smallest absolute Gasteiger partial charge is 0.271 e. The molecule has 3 heterocycles. The minimum absolute atomic E-state index is 0.0681. The molecule has 8 rings (SSSR count). The SMILES string of the molecule is O=C(COCCOCCOCCOc1ccc(C=NNC(=O)c2ccc(C(=O)c3c(-c4ccc(O)cc4)sc4cc(O)ccc34)cc2)cc1)NCC#Cc1cccc2c1CN(C1CCC(=O)NC1=O)C2=O. The summed E-state index contributed by atoms with van der Waals surface area (Å²) < 4.78 is 22.9. The Bertz CT molecular complexity index is 3050. The topological polar surface area (TPSA) is 231 Å². The predicted octanol–water partition coefficient (Wildman–Crippen LogP) is 5.33. The van der Waals surface area contributed by atoms with Crippen LogP contribution in [0.1, 0.15) is 66.2 Å². The number of nitrogens with zero attached hydrogens (tertiary/aromatic N) is 2. The maximum atomic E-state index is 13.9. The van der Waals surface area contributed by atoms with E-state index in [2.05, 4.69) is 33.0 Å². The van der Waals surface area contributed by atoms with Gasteiger partial charge in [-0.15, -0.1) is 11.3 Å². The number of imide groups is 1. The summed E-state index contributed by atoms with van der Waals surface area (Å²) in [5.41, 5.74) is 6.92. The van der Waals surface area contributed by atoms with Gasteiger partial charge >= 0.3 is 0 Å². The highest BCUT2D eigenvalue weighted by Gasteiger charge is 2.39. The number of carbonyl (C=O) groups excluding carboxylic acids is 6. The van der Waals surface area contributed by atoms with E-state index < -0.39 is 17.9 Å². The summed E-state index contributed by atoms with van der Waals surface area (Å²) in [6.07, 6.45) is 1.94. The van der Waals surface area contributed by atoms with E-state index in [1.807, 2.05) is 0 Å². The number of hydrogen-bond donors (Lipinski definition) is 5. The van der Waals surface area contributed by atoms with Crippen molar-refractivity contribution in [3.63, 3.8) is 0 Å². The number of hydrazone groups is 1. The number of carbonyl (C=O) groups is 6. The fourth-order valence-corrected chi connectivity index (χ4v) is 9.02. The lowest BCUT2D eigenvalue weighted by Crippen LogP contribution is -2.52. The van der Waals surface area contributed by atoms with Crippen LogP contribution in [0.5, 0.6) is 17.2 Å². The highest BCUT2D eigenvalue weighted by Crippen LogP contribution is 2.41. The van der Waals surface area contributed by atoms with Gasteiger partial charge in [0.15, 0.2) is 5.78 Å². The van der Waals surface area contributed by atoms with Crippen LogP contribution in [0.4, 0.5) is 0 Å². The van der Waals surface area contributed by atoms with E-state index in [4.69, 9.17) is 18.9 Å². The highest BCUT2D eigenvalue weighted by molar-refractivity contribution is 7.22. The number of phenols is 2. The van der Waals surface area contributed by atoms with Crippen molar-refractivity contribution in [1.82, 2.24) is 21.0 Å². The lowest BCUT2D eigenvalue weighted by molar-refractivity contribution is -0.137. The van der Waals surface area contributed by atoms with Gasteiger partial charge < -0.3 is 39.4 Å². The van der Waals surface area contributed by atoms with Gasteiger partial charge in [-0.3, -0.25) is 34.1 Å². The van der Waals surface area contributed by atoms with Gasteiger partial charge in [0.1, 0.15) is 36.5 Å². The number of ether oxygens (including phenoxy) is 4. The van der Waals surface area contributed by atoms with Gasteiger partial charge in [-0.25, -0.2) is 5.43 Å². The van der Waals surface area contributed by atoms with E-state index >= 15 is 0 Å².